The maximum Gasteiger partial charge on any atom is 0.279 e. The summed E-state index contributed by atoms with van der Waals surface area (Å²) in [5.74, 6) is 1.93. The van der Waals surface area contributed by atoms with Crippen LogP contribution in [0.1, 0.15) is 43.8 Å². The summed E-state index contributed by atoms with van der Waals surface area (Å²) < 4.78 is 8.78. The van der Waals surface area contributed by atoms with Gasteiger partial charge in [-0.15, -0.1) is 11.6 Å². The van der Waals surface area contributed by atoms with Crippen LogP contribution < -0.4 is 5.56 Å². The van der Waals surface area contributed by atoms with Gasteiger partial charge in [0.2, 0.25) is 0 Å². The molecule has 1 unspecified atom stereocenters. The van der Waals surface area contributed by atoms with E-state index in [1.165, 1.54) is 0 Å². The zero-order valence-electron chi connectivity index (χ0n) is 12.1. The molecule has 3 rings (SSSR count). The highest BCUT2D eigenvalue weighted by Crippen LogP contribution is 2.26. The molecule has 3 heterocycles. The molecule has 2 aromatic rings. The van der Waals surface area contributed by atoms with Crippen molar-refractivity contribution < 1.29 is 4.74 Å². The van der Waals surface area contributed by atoms with Crippen molar-refractivity contribution in [2.45, 2.75) is 44.5 Å². The first kappa shape index (κ1) is 14.5. The van der Waals surface area contributed by atoms with Crippen LogP contribution >= 0.6 is 11.6 Å². The number of halogens is 1. The Bertz CT molecular complexity index is 686. The number of ether oxygens (including phenoxy) is 1. The Kier molecular flexibility index (Phi) is 4.26. The average Bonchev–Trinajstić information content (AvgIpc) is 2.74. The van der Waals surface area contributed by atoms with Crippen LogP contribution in [0.3, 0.4) is 0 Å². The van der Waals surface area contributed by atoms with E-state index in [1.54, 1.807) is 15.3 Å². The number of imidazole rings is 1. The Morgan fingerprint density at radius 3 is 3.05 bits per heavy atom. The van der Waals surface area contributed by atoms with Crippen molar-refractivity contribution in [3.63, 3.8) is 0 Å². The minimum Gasteiger partial charge on any atom is -0.381 e. The molecule has 0 amide bonds. The molecule has 0 radical (unpaired) electrons. The van der Waals surface area contributed by atoms with Crippen LogP contribution in [0.4, 0.5) is 0 Å². The lowest BCUT2D eigenvalue weighted by Crippen LogP contribution is -2.27. The van der Waals surface area contributed by atoms with Gasteiger partial charge in [-0.3, -0.25) is 9.36 Å². The van der Waals surface area contributed by atoms with Gasteiger partial charge >= 0.3 is 0 Å². The third kappa shape index (κ3) is 2.58. The fraction of sp³-hybridized carbons (Fsp3) is 0.643. The van der Waals surface area contributed by atoms with E-state index in [-0.39, 0.29) is 17.4 Å². The summed E-state index contributed by atoms with van der Waals surface area (Å²) in [6.07, 6.45) is 4.55. The Morgan fingerprint density at radius 2 is 2.29 bits per heavy atom. The maximum absolute atomic E-state index is 12.5. The van der Waals surface area contributed by atoms with Gasteiger partial charge in [0.05, 0.1) is 12.1 Å². The summed E-state index contributed by atoms with van der Waals surface area (Å²) in [6.45, 7) is 3.99. The molecule has 1 saturated heterocycles. The second-order valence-electron chi connectivity index (χ2n) is 5.25. The summed E-state index contributed by atoms with van der Waals surface area (Å²) in [5.41, 5.74) is 0.442. The van der Waals surface area contributed by atoms with Crippen molar-refractivity contribution >= 4 is 17.1 Å². The standard InChI is InChI=1S/C14H19ClN4O2/c1-2-18-12(8-15)17-19-11(14(18)20)9-16-13(19)10-4-3-6-21-7-5-10/h9-10H,2-8H2,1H3. The summed E-state index contributed by atoms with van der Waals surface area (Å²) in [6, 6.07) is 0. The third-order valence-electron chi connectivity index (χ3n) is 4.01. The molecule has 0 spiro atoms. The highest BCUT2D eigenvalue weighted by Gasteiger charge is 2.22. The zero-order chi connectivity index (χ0) is 14.8. The van der Waals surface area contributed by atoms with Gasteiger partial charge in [0.15, 0.2) is 5.52 Å². The largest absolute Gasteiger partial charge is 0.381 e. The Balaban J connectivity index is 2.12. The van der Waals surface area contributed by atoms with Crippen molar-refractivity contribution in [1.29, 1.82) is 0 Å². The molecule has 0 aromatic carbocycles. The van der Waals surface area contributed by atoms with Crippen LogP contribution in [-0.4, -0.2) is 32.4 Å². The fourth-order valence-electron chi connectivity index (χ4n) is 2.90. The van der Waals surface area contributed by atoms with Gasteiger partial charge < -0.3 is 4.74 Å². The first-order valence-corrected chi connectivity index (χ1v) is 7.90. The molecule has 1 aliphatic rings. The summed E-state index contributed by atoms with van der Waals surface area (Å²) in [7, 11) is 0. The highest BCUT2D eigenvalue weighted by molar-refractivity contribution is 6.16. The summed E-state index contributed by atoms with van der Waals surface area (Å²) >= 11 is 5.94. The topological polar surface area (TPSA) is 61.4 Å². The van der Waals surface area contributed by atoms with Crippen LogP contribution in [-0.2, 0) is 17.2 Å². The number of fused-ring (bicyclic) bond motifs is 1. The summed E-state index contributed by atoms with van der Waals surface area (Å²) in [5, 5.41) is 4.54. The van der Waals surface area contributed by atoms with Gasteiger partial charge in [-0.25, -0.2) is 9.50 Å². The molecule has 21 heavy (non-hydrogen) atoms. The van der Waals surface area contributed by atoms with E-state index in [2.05, 4.69) is 10.1 Å². The van der Waals surface area contributed by atoms with Crippen LogP contribution in [0.5, 0.6) is 0 Å². The minimum atomic E-state index is -0.0771. The fourth-order valence-corrected chi connectivity index (χ4v) is 3.10. The third-order valence-corrected chi connectivity index (χ3v) is 4.25. The van der Waals surface area contributed by atoms with E-state index in [4.69, 9.17) is 16.3 Å². The zero-order valence-corrected chi connectivity index (χ0v) is 12.8. The lowest BCUT2D eigenvalue weighted by atomic mass is 10.0. The van der Waals surface area contributed by atoms with Gasteiger partial charge in [0, 0.05) is 25.7 Å². The lowest BCUT2D eigenvalue weighted by molar-refractivity contribution is 0.143. The molecule has 2 aromatic heterocycles. The second-order valence-corrected chi connectivity index (χ2v) is 5.52. The van der Waals surface area contributed by atoms with Crippen molar-refractivity contribution in [3.8, 4) is 0 Å². The van der Waals surface area contributed by atoms with Crippen molar-refractivity contribution in [3.05, 3.63) is 28.2 Å². The van der Waals surface area contributed by atoms with Crippen LogP contribution in [0.15, 0.2) is 11.0 Å². The maximum atomic E-state index is 12.5. The SMILES string of the molecule is CCn1c(CCl)nn2c(C3CCCOCC3)ncc2c1=O. The Labute approximate surface area is 127 Å². The van der Waals surface area contributed by atoms with E-state index in [9.17, 15) is 4.79 Å². The van der Waals surface area contributed by atoms with Crippen molar-refractivity contribution in [2.75, 3.05) is 13.2 Å². The molecule has 114 valence electrons. The average molecular weight is 311 g/mol. The van der Waals surface area contributed by atoms with Crippen molar-refractivity contribution in [2.24, 2.45) is 0 Å². The first-order chi connectivity index (χ1) is 10.3. The Hall–Kier alpha value is -1.40. The predicted octanol–water partition coefficient (Wildman–Crippen LogP) is 1.93. The van der Waals surface area contributed by atoms with Gasteiger partial charge in [-0.1, -0.05) is 0 Å². The molecule has 7 heteroatoms. The van der Waals surface area contributed by atoms with E-state index in [1.807, 2.05) is 6.92 Å². The molecule has 0 saturated carbocycles. The second kappa shape index (κ2) is 6.15. The van der Waals surface area contributed by atoms with E-state index in [0.717, 1.165) is 38.3 Å². The minimum absolute atomic E-state index is 0.0771. The van der Waals surface area contributed by atoms with Gasteiger partial charge in [-0.05, 0) is 26.2 Å². The number of nitrogens with zero attached hydrogens (tertiary/aromatic N) is 4. The molecule has 1 fully saturated rings. The molecule has 0 aliphatic carbocycles. The molecule has 0 N–H and O–H groups in total. The number of rotatable bonds is 3. The van der Waals surface area contributed by atoms with Gasteiger partial charge in [-0.2, -0.15) is 5.10 Å². The number of aromatic nitrogens is 4. The summed E-state index contributed by atoms with van der Waals surface area (Å²) in [4.78, 5) is 16.9. The van der Waals surface area contributed by atoms with Crippen LogP contribution in [0.25, 0.3) is 5.52 Å². The molecule has 0 bridgehead atoms. The first-order valence-electron chi connectivity index (χ1n) is 7.37. The van der Waals surface area contributed by atoms with Gasteiger partial charge in [0.1, 0.15) is 11.6 Å². The number of alkyl halides is 1. The smallest absolute Gasteiger partial charge is 0.279 e. The molecule has 6 nitrogen and oxygen atoms in total. The molecule has 1 aliphatic heterocycles. The highest BCUT2D eigenvalue weighted by atomic mass is 35.5. The predicted molar refractivity (Wildman–Crippen MR) is 79.9 cm³/mol. The van der Waals surface area contributed by atoms with Crippen molar-refractivity contribution in [1.82, 2.24) is 19.2 Å². The number of hydrogen-bond acceptors (Lipinski definition) is 4. The molecule has 1 atom stereocenters. The van der Waals surface area contributed by atoms with E-state index >= 15 is 0 Å². The molecular formula is C14H19ClN4O2. The monoisotopic (exact) mass is 310 g/mol. The van der Waals surface area contributed by atoms with Gasteiger partial charge in [0.25, 0.3) is 5.56 Å². The lowest BCUT2D eigenvalue weighted by Gasteiger charge is -2.13. The Morgan fingerprint density at radius 1 is 1.43 bits per heavy atom. The van der Waals surface area contributed by atoms with E-state index in [0.29, 0.717) is 17.9 Å². The number of hydrogen-bond donors (Lipinski definition) is 0. The molecular weight excluding hydrogens is 292 g/mol. The normalized spacial score (nSPS) is 19.8. The quantitative estimate of drug-likeness (QED) is 0.813. The van der Waals surface area contributed by atoms with Crippen LogP contribution in [0.2, 0.25) is 0 Å². The van der Waals surface area contributed by atoms with Crippen LogP contribution in [0, 0.1) is 0 Å². The van der Waals surface area contributed by atoms with E-state index < -0.39 is 0 Å².